The number of hydrogen-bond acceptors (Lipinski definition) is 3. The lowest BCUT2D eigenvalue weighted by molar-refractivity contribution is 0.0951. The van der Waals surface area contributed by atoms with E-state index in [1.807, 2.05) is 6.07 Å². The summed E-state index contributed by atoms with van der Waals surface area (Å²) in [6.07, 6.45) is 3.89. The number of pyridine rings is 1. The lowest BCUT2D eigenvalue weighted by atomic mass is 10.1. The molecule has 0 aromatic carbocycles. The first-order valence-electron chi connectivity index (χ1n) is 7.11. The highest BCUT2D eigenvalue weighted by atomic mass is 79.9. The van der Waals surface area contributed by atoms with Crippen LogP contribution in [0.4, 0.5) is 5.82 Å². The van der Waals surface area contributed by atoms with Crippen molar-refractivity contribution in [3.05, 3.63) is 22.3 Å². The molecule has 1 amide bonds. The third-order valence-corrected chi connectivity index (χ3v) is 4.30. The van der Waals surface area contributed by atoms with E-state index >= 15 is 0 Å². The topological polar surface area (TPSA) is 54.0 Å². The molecule has 1 aliphatic carbocycles. The number of halogens is 1. The van der Waals surface area contributed by atoms with E-state index in [1.165, 1.54) is 6.42 Å². The molecule has 1 heterocycles. The van der Waals surface area contributed by atoms with Gasteiger partial charge in [0.05, 0.1) is 5.56 Å². The number of amides is 1. The first kappa shape index (κ1) is 15.3. The van der Waals surface area contributed by atoms with Crippen molar-refractivity contribution in [1.82, 2.24) is 10.3 Å². The number of carbonyl (C=O) groups excluding carboxylic acids is 1. The number of aromatic nitrogens is 1. The summed E-state index contributed by atoms with van der Waals surface area (Å²) in [5.41, 5.74) is 0.984. The van der Waals surface area contributed by atoms with Crippen molar-refractivity contribution >= 4 is 27.7 Å². The molecule has 0 saturated heterocycles. The van der Waals surface area contributed by atoms with E-state index in [9.17, 15) is 4.79 Å². The molecule has 0 spiro atoms. The molecule has 1 fully saturated rings. The molecule has 1 aromatic heterocycles. The molecule has 0 bridgehead atoms. The summed E-state index contributed by atoms with van der Waals surface area (Å²) in [4.78, 5) is 16.6. The zero-order valence-corrected chi connectivity index (χ0v) is 13.9. The Morgan fingerprint density at radius 3 is 2.85 bits per heavy atom. The van der Waals surface area contributed by atoms with E-state index < -0.39 is 0 Å². The van der Waals surface area contributed by atoms with Gasteiger partial charge in [0.15, 0.2) is 0 Å². The summed E-state index contributed by atoms with van der Waals surface area (Å²) >= 11 is 3.37. The highest BCUT2D eigenvalue weighted by Crippen LogP contribution is 2.51. The Kier molecular flexibility index (Phi) is 4.68. The van der Waals surface area contributed by atoms with Gasteiger partial charge in [-0.3, -0.25) is 4.79 Å². The summed E-state index contributed by atoms with van der Waals surface area (Å²) in [6.45, 7) is 8.11. The van der Waals surface area contributed by atoms with Gasteiger partial charge in [0.2, 0.25) is 0 Å². The van der Waals surface area contributed by atoms with E-state index in [4.69, 9.17) is 0 Å². The third-order valence-electron chi connectivity index (χ3n) is 3.87. The predicted molar refractivity (Wildman–Crippen MR) is 84.9 cm³/mol. The Bertz CT molecular complexity index is 502. The fraction of sp³-hybridized carbons (Fsp3) is 0.600. The summed E-state index contributed by atoms with van der Waals surface area (Å²) in [5.74, 6) is 1.20. The smallest absolute Gasteiger partial charge is 0.255 e. The molecule has 4 nitrogen and oxygen atoms in total. The van der Waals surface area contributed by atoms with E-state index in [0.29, 0.717) is 22.7 Å². The predicted octanol–water partition coefficient (Wildman–Crippen LogP) is 3.44. The van der Waals surface area contributed by atoms with Gasteiger partial charge in [-0.05, 0) is 46.2 Å². The lowest BCUT2D eigenvalue weighted by Gasteiger charge is -2.11. The van der Waals surface area contributed by atoms with Crippen LogP contribution in [0.3, 0.4) is 0 Å². The molecule has 2 N–H and O–H groups in total. The Labute approximate surface area is 128 Å². The Balaban J connectivity index is 2.02. The van der Waals surface area contributed by atoms with Crippen LogP contribution in [0.2, 0.25) is 0 Å². The number of carbonyl (C=O) groups is 1. The van der Waals surface area contributed by atoms with Gasteiger partial charge < -0.3 is 10.6 Å². The fourth-order valence-corrected chi connectivity index (χ4v) is 2.56. The van der Waals surface area contributed by atoms with Crippen molar-refractivity contribution in [2.24, 2.45) is 11.3 Å². The van der Waals surface area contributed by atoms with E-state index in [2.05, 4.69) is 52.3 Å². The van der Waals surface area contributed by atoms with Crippen LogP contribution in [-0.4, -0.2) is 24.0 Å². The van der Waals surface area contributed by atoms with Gasteiger partial charge in [-0.25, -0.2) is 4.98 Å². The van der Waals surface area contributed by atoms with Crippen LogP contribution in [0.5, 0.6) is 0 Å². The molecule has 1 unspecified atom stereocenters. The maximum Gasteiger partial charge on any atom is 0.255 e. The Morgan fingerprint density at radius 2 is 2.25 bits per heavy atom. The monoisotopic (exact) mass is 339 g/mol. The maximum atomic E-state index is 12.3. The van der Waals surface area contributed by atoms with Gasteiger partial charge in [0.25, 0.3) is 5.91 Å². The molecule has 2 rings (SSSR count). The molecule has 1 atom stereocenters. The molecule has 20 heavy (non-hydrogen) atoms. The van der Waals surface area contributed by atoms with Crippen LogP contribution < -0.4 is 10.6 Å². The van der Waals surface area contributed by atoms with Crippen molar-refractivity contribution in [2.75, 3.05) is 18.4 Å². The number of anilines is 1. The van der Waals surface area contributed by atoms with Gasteiger partial charge in [0.1, 0.15) is 5.82 Å². The zero-order valence-electron chi connectivity index (χ0n) is 12.3. The summed E-state index contributed by atoms with van der Waals surface area (Å²) in [5, 5.41) is 6.22. The Hall–Kier alpha value is -1.10. The quantitative estimate of drug-likeness (QED) is 0.834. The molecule has 0 aliphatic heterocycles. The average Bonchev–Trinajstić information content (AvgIpc) is 3.02. The number of nitrogens with zero attached hydrogens (tertiary/aromatic N) is 1. The van der Waals surface area contributed by atoms with E-state index in [1.54, 1.807) is 6.20 Å². The fourth-order valence-electron chi connectivity index (χ4n) is 2.23. The van der Waals surface area contributed by atoms with Crippen molar-refractivity contribution in [3.8, 4) is 0 Å². The standard InChI is InChI=1S/C15H22BrN3O/c1-4-5-17-13-12(6-11(16)9-18-13)14(20)19-8-10-7-15(10,2)3/h6,9-10H,4-5,7-8H2,1-3H3,(H,17,18)(H,19,20). The van der Waals surface area contributed by atoms with Crippen molar-refractivity contribution < 1.29 is 4.79 Å². The summed E-state index contributed by atoms with van der Waals surface area (Å²) < 4.78 is 0.816. The van der Waals surface area contributed by atoms with Crippen LogP contribution in [0.1, 0.15) is 44.0 Å². The van der Waals surface area contributed by atoms with E-state index in [-0.39, 0.29) is 5.91 Å². The normalized spacial score (nSPS) is 19.5. The van der Waals surface area contributed by atoms with Crippen molar-refractivity contribution in [3.63, 3.8) is 0 Å². The average molecular weight is 340 g/mol. The number of rotatable bonds is 6. The number of nitrogens with one attached hydrogen (secondary N) is 2. The summed E-state index contributed by atoms with van der Waals surface area (Å²) in [7, 11) is 0. The van der Waals surface area contributed by atoms with Crippen LogP contribution in [-0.2, 0) is 0 Å². The maximum absolute atomic E-state index is 12.3. The molecule has 1 aromatic rings. The van der Waals surface area contributed by atoms with Crippen LogP contribution >= 0.6 is 15.9 Å². The van der Waals surface area contributed by atoms with Crippen molar-refractivity contribution in [1.29, 1.82) is 0 Å². The number of hydrogen-bond donors (Lipinski definition) is 2. The molecule has 110 valence electrons. The van der Waals surface area contributed by atoms with Gasteiger partial charge >= 0.3 is 0 Å². The second kappa shape index (κ2) is 6.12. The Morgan fingerprint density at radius 1 is 1.55 bits per heavy atom. The molecule has 5 heteroatoms. The van der Waals surface area contributed by atoms with Gasteiger partial charge in [0, 0.05) is 23.8 Å². The molecular formula is C15H22BrN3O. The van der Waals surface area contributed by atoms with Crippen LogP contribution in [0.15, 0.2) is 16.7 Å². The minimum absolute atomic E-state index is 0.0555. The van der Waals surface area contributed by atoms with Crippen LogP contribution in [0.25, 0.3) is 0 Å². The molecule has 1 aliphatic rings. The molecular weight excluding hydrogens is 318 g/mol. The van der Waals surface area contributed by atoms with Crippen LogP contribution in [0, 0.1) is 11.3 Å². The highest BCUT2D eigenvalue weighted by molar-refractivity contribution is 9.10. The largest absolute Gasteiger partial charge is 0.369 e. The summed E-state index contributed by atoms with van der Waals surface area (Å²) in [6, 6.07) is 1.82. The van der Waals surface area contributed by atoms with Gasteiger partial charge in [-0.15, -0.1) is 0 Å². The zero-order chi connectivity index (χ0) is 14.8. The second-order valence-electron chi connectivity index (χ2n) is 6.08. The third kappa shape index (κ3) is 3.72. The first-order valence-corrected chi connectivity index (χ1v) is 7.91. The first-order chi connectivity index (χ1) is 9.44. The molecule has 0 radical (unpaired) electrons. The minimum atomic E-state index is -0.0555. The molecule has 1 saturated carbocycles. The van der Waals surface area contributed by atoms with Gasteiger partial charge in [-0.1, -0.05) is 20.8 Å². The van der Waals surface area contributed by atoms with Gasteiger partial charge in [-0.2, -0.15) is 0 Å². The lowest BCUT2D eigenvalue weighted by Crippen LogP contribution is -2.27. The minimum Gasteiger partial charge on any atom is -0.369 e. The van der Waals surface area contributed by atoms with E-state index in [0.717, 1.165) is 24.0 Å². The highest BCUT2D eigenvalue weighted by Gasteiger charge is 2.45. The van der Waals surface area contributed by atoms with Crippen molar-refractivity contribution in [2.45, 2.75) is 33.6 Å². The SMILES string of the molecule is CCCNc1ncc(Br)cc1C(=O)NCC1CC1(C)C. The second-order valence-corrected chi connectivity index (χ2v) is 6.99.